The van der Waals surface area contributed by atoms with Crippen molar-refractivity contribution in [1.29, 1.82) is 0 Å². The number of nitrogens with zero attached hydrogens (tertiary/aromatic N) is 1. The summed E-state index contributed by atoms with van der Waals surface area (Å²) in [5.41, 5.74) is 1.89. The molecule has 25 heavy (non-hydrogen) atoms. The van der Waals surface area contributed by atoms with Crippen molar-refractivity contribution in [2.45, 2.75) is 50.0 Å². The van der Waals surface area contributed by atoms with E-state index >= 15 is 0 Å². The van der Waals surface area contributed by atoms with Gasteiger partial charge < -0.3 is 24.9 Å². The SMILES string of the molecule is COc1ccc(C2=NOC(CNC(=O)NC3CC4CCC3O4)C2)cc1. The highest BCUT2D eigenvalue weighted by Gasteiger charge is 2.41. The fraction of sp³-hybridized carbons (Fsp3) is 0.556. The van der Waals surface area contributed by atoms with Crippen molar-refractivity contribution >= 4 is 11.7 Å². The average Bonchev–Trinajstić information content (AvgIpc) is 3.37. The van der Waals surface area contributed by atoms with Gasteiger partial charge in [0.2, 0.25) is 0 Å². The van der Waals surface area contributed by atoms with E-state index in [0.717, 1.165) is 36.3 Å². The van der Waals surface area contributed by atoms with Crippen LogP contribution in [0.5, 0.6) is 5.75 Å². The molecule has 4 atom stereocenters. The highest BCUT2D eigenvalue weighted by Crippen LogP contribution is 2.34. The first-order valence-electron chi connectivity index (χ1n) is 8.78. The first kappa shape index (κ1) is 16.2. The summed E-state index contributed by atoms with van der Waals surface area (Å²) in [4.78, 5) is 17.5. The number of fused-ring (bicyclic) bond motifs is 2. The summed E-state index contributed by atoms with van der Waals surface area (Å²) in [5.74, 6) is 0.808. The molecule has 0 aliphatic carbocycles. The molecule has 2 amide bonds. The number of carbonyl (C=O) groups excluding carboxylic acids is 1. The number of hydrogen-bond donors (Lipinski definition) is 2. The molecule has 2 fully saturated rings. The number of hydrogen-bond acceptors (Lipinski definition) is 5. The molecule has 1 aromatic rings. The summed E-state index contributed by atoms with van der Waals surface area (Å²) >= 11 is 0. The van der Waals surface area contributed by atoms with Crippen LogP contribution < -0.4 is 15.4 Å². The van der Waals surface area contributed by atoms with Crippen LogP contribution >= 0.6 is 0 Å². The largest absolute Gasteiger partial charge is 0.497 e. The Labute approximate surface area is 146 Å². The number of oxime groups is 1. The Hall–Kier alpha value is -2.28. The molecule has 3 aliphatic rings. The molecule has 2 N–H and O–H groups in total. The molecule has 0 radical (unpaired) electrons. The zero-order valence-electron chi connectivity index (χ0n) is 14.2. The smallest absolute Gasteiger partial charge is 0.315 e. The lowest BCUT2D eigenvalue weighted by atomic mass is 9.96. The first-order valence-corrected chi connectivity index (χ1v) is 8.78. The second-order valence-electron chi connectivity index (χ2n) is 6.77. The number of urea groups is 1. The maximum Gasteiger partial charge on any atom is 0.315 e. The molecule has 0 spiro atoms. The average molecular weight is 345 g/mol. The Kier molecular flexibility index (Phi) is 4.48. The molecular weight excluding hydrogens is 322 g/mol. The zero-order valence-corrected chi connectivity index (χ0v) is 14.2. The number of carbonyl (C=O) groups is 1. The van der Waals surface area contributed by atoms with Gasteiger partial charge in [-0.1, -0.05) is 5.16 Å². The van der Waals surface area contributed by atoms with E-state index in [4.69, 9.17) is 14.3 Å². The van der Waals surface area contributed by atoms with Gasteiger partial charge in [-0.3, -0.25) is 0 Å². The highest BCUT2D eigenvalue weighted by molar-refractivity contribution is 6.01. The van der Waals surface area contributed by atoms with Crippen LogP contribution in [0.1, 0.15) is 31.2 Å². The lowest BCUT2D eigenvalue weighted by molar-refractivity contribution is 0.0856. The maximum atomic E-state index is 12.1. The Morgan fingerprint density at radius 1 is 1.32 bits per heavy atom. The van der Waals surface area contributed by atoms with Gasteiger partial charge in [0.05, 0.1) is 37.6 Å². The van der Waals surface area contributed by atoms with Crippen LogP contribution in [0.2, 0.25) is 0 Å². The third kappa shape index (κ3) is 3.56. The van der Waals surface area contributed by atoms with Gasteiger partial charge in [0.25, 0.3) is 0 Å². The van der Waals surface area contributed by atoms with E-state index in [1.165, 1.54) is 0 Å². The molecular formula is C18H23N3O4. The quantitative estimate of drug-likeness (QED) is 0.853. The molecule has 1 aromatic carbocycles. The third-order valence-corrected chi connectivity index (χ3v) is 5.07. The molecule has 4 rings (SSSR count). The third-order valence-electron chi connectivity index (χ3n) is 5.07. The first-order chi connectivity index (χ1) is 12.2. The van der Waals surface area contributed by atoms with Gasteiger partial charge >= 0.3 is 6.03 Å². The lowest BCUT2D eigenvalue weighted by Crippen LogP contribution is -2.47. The number of amides is 2. The number of methoxy groups -OCH3 is 1. The summed E-state index contributed by atoms with van der Waals surface area (Å²) in [7, 11) is 1.64. The van der Waals surface area contributed by atoms with Gasteiger partial charge in [0.15, 0.2) is 6.10 Å². The molecule has 2 bridgehead atoms. The molecule has 3 aliphatic heterocycles. The van der Waals surface area contributed by atoms with E-state index in [0.29, 0.717) is 19.1 Å². The molecule has 7 heteroatoms. The number of nitrogens with one attached hydrogen (secondary N) is 2. The van der Waals surface area contributed by atoms with Crippen molar-refractivity contribution in [3.63, 3.8) is 0 Å². The minimum atomic E-state index is -0.164. The highest BCUT2D eigenvalue weighted by atomic mass is 16.6. The van der Waals surface area contributed by atoms with Crippen molar-refractivity contribution in [3.05, 3.63) is 29.8 Å². The van der Waals surface area contributed by atoms with Gasteiger partial charge in [-0.25, -0.2) is 4.79 Å². The van der Waals surface area contributed by atoms with Crippen LogP contribution in [0.4, 0.5) is 4.79 Å². The van der Waals surface area contributed by atoms with Crippen LogP contribution in [0.25, 0.3) is 0 Å². The fourth-order valence-electron chi connectivity index (χ4n) is 3.71. The minimum absolute atomic E-state index is 0.134. The number of ether oxygens (including phenoxy) is 2. The van der Waals surface area contributed by atoms with E-state index < -0.39 is 0 Å². The lowest BCUT2D eigenvalue weighted by Gasteiger charge is -2.20. The van der Waals surface area contributed by atoms with Crippen molar-refractivity contribution < 1.29 is 19.1 Å². The van der Waals surface area contributed by atoms with Crippen LogP contribution in [0.15, 0.2) is 29.4 Å². The van der Waals surface area contributed by atoms with E-state index in [2.05, 4.69) is 15.8 Å². The van der Waals surface area contributed by atoms with Crippen LogP contribution in [0.3, 0.4) is 0 Å². The summed E-state index contributed by atoms with van der Waals surface area (Å²) in [6.07, 6.45) is 4.12. The Bertz CT molecular complexity index is 661. The van der Waals surface area contributed by atoms with Gasteiger partial charge in [0, 0.05) is 6.42 Å². The predicted octanol–water partition coefficient (Wildman–Crippen LogP) is 1.81. The molecule has 0 aromatic heterocycles. The van der Waals surface area contributed by atoms with E-state index in [1.54, 1.807) is 7.11 Å². The minimum Gasteiger partial charge on any atom is -0.497 e. The molecule has 7 nitrogen and oxygen atoms in total. The summed E-state index contributed by atoms with van der Waals surface area (Å²) in [6, 6.07) is 7.68. The number of rotatable bonds is 5. The fourth-order valence-corrected chi connectivity index (χ4v) is 3.71. The van der Waals surface area contributed by atoms with Crippen molar-refractivity contribution in [1.82, 2.24) is 10.6 Å². The Morgan fingerprint density at radius 2 is 2.16 bits per heavy atom. The van der Waals surface area contributed by atoms with E-state index in [1.807, 2.05) is 24.3 Å². The second kappa shape index (κ2) is 6.92. The van der Waals surface area contributed by atoms with Crippen molar-refractivity contribution in [2.75, 3.05) is 13.7 Å². The monoisotopic (exact) mass is 345 g/mol. The van der Waals surface area contributed by atoms with Gasteiger partial charge in [-0.15, -0.1) is 0 Å². The van der Waals surface area contributed by atoms with Crippen LogP contribution in [-0.4, -0.2) is 49.8 Å². The van der Waals surface area contributed by atoms with Crippen molar-refractivity contribution in [2.24, 2.45) is 5.16 Å². The standard InChI is InChI=1S/C18H23N3O4/c1-23-12-4-2-11(3-5-12)15-9-14(25-21-15)10-19-18(22)20-16-8-13-6-7-17(16)24-13/h2-5,13-14,16-17H,6-10H2,1H3,(H2,19,20,22). The molecule has 2 saturated heterocycles. The van der Waals surface area contributed by atoms with Gasteiger partial charge in [-0.2, -0.15) is 0 Å². The number of benzene rings is 1. The second-order valence-corrected chi connectivity index (χ2v) is 6.77. The van der Waals surface area contributed by atoms with E-state index in [-0.39, 0.29) is 24.3 Å². The predicted molar refractivity (Wildman–Crippen MR) is 91.9 cm³/mol. The summed E-state index contributed by atoms with van der Waals surface area (Å²) in [5, 5.41) is 10.0. The van der Waals surface area contributed by atoms with Crippen LogP contribution in [-0.2, 0) is 9.57 Å². The Balaban J connectivity index is 1.21. The normalized spacial score (nSPS) is 29.9. The molecule has 0 saturated carbocycles. The topological polar surface area (TPSA) is 81.2 Å². The van der Waals surface area contributed by atoms with Gasteiger partial charge in [-0.05, 0) is 49.1 Å². The molecule has 134 valence electrons. The van der Waals surface area contributed by atoms with Gasteiger partial charge in [0.1, 0.15) is 5.75 Å². The van der Waals surface area contributed by atoms with Crippen LogP contribution in [0, 0.1) is 0 Å². The Morgan fingerprint density at radius 3 is 2.84 bits per heavy atom. The zero-order chi connectivity index (χ0) is 17.2. The summed E-state index contributed by atoms with van der Waals surface area (Å²) < 4.78 is 10.9. The molecule has 4 unspecified atom stereocenters. The summed E-state index contributed by atoms with van der Waals surface area (Å²) in [6.45, 7) is 0.427. The molecule has 3 heterocycles. The maximum absolute atomic E-state index is 12.1. The van der Waals surface area contributed by atoms with Crippen molar-refractivity contribution in [3.8, 4) is 5.75 Å². The van der Waals surface area contributed by atoms with E-state index in [9.17, 15) is 4.79 Å².